The Bertz CT molecular complexity index is 763. The fraction of sp³-hybridized carbons (Fsp3) is 0.118. The third-order valence-corrected chi connectivity index (χ3v) is 3.67. The van der Waals surface area contributed by atoms with E-state index in [1.165, 1.54) is 0 Å². The maximum Gasteiger partial charge on any atom is 0.269 e. The van der Waals surface area contributed by atoms with Gasteiger partial charge in [0.05, 0.1) is 6.42 Å². The molecular weight excluding hydrogens is 346 g/mol. The predicted molar refractivity (Wildman–Crippen MR) is 97.7 cm³/mol. The van der Waals surface area contributed by atoms with Gasteiger partial charge in [-0.05, 0) is 48.5 Å². The van der Waals surface area contributed by atoms with E-state index in [0.717, 1.165) is 11.1 Å². The van der Waals surface area contributed by atoms with Gasteiger partial charge in [-0.3, -0.25) is 20.4 Å². The van der Waals surface area contributed by atoms with Gasteiger partial charge in [0.2, 0.25) is 5.91 Å². The van der Waals surface area contributed by atoms with Gasteiger partial charge in [-0.2, -0.15) is 0 Å². The Morgan fingerprint density at radius 3 is 2.38 bits per heavy atom. The number of hydrazine groups is 1. The first-order valence-electron chi connectivity index (χ1n) is 7.16. The number of hydrogen-bond acceptors (Lipinski definition) is 3. The van der Waals surface area contributed by atoms with E-state index in [1.807, 2.05) is 19.1 Å². The van der Waals surface area contributed by atoms with Crippen LogP contribution >= 0.6 is 23.8 Å². The Labute approximate surface area is 150 Å². The molecule has 2 amide bonds. The van der Waals surface area contributed by atoms with Gasteiger partial charge < -0.3 is 5.32 Å². The number of halogens is 1. The van der Waals surface area contributed by atoms with Crippen molar-refractivity contribution in [1.82, 2.24) is 16.2 Å². The predicted octanol–water partition coefficient (Wildman–Crippen LogP) is 2.53. The molecule has 2 aromatic carbocycles. The summed E-state index contributed by atoms with van der Waals surface area (Å²) in [5, 5.41) is 3.13. The van der Waals surface area contributed by atoms with E-state index in [4.69, 9.17) is 23.8 Å². The maximum atomic E-state index is 12.0. The van der Waals surface area contributed by atoms with Crippen molar-refractivity contribution in [3.63, 3.8) is 0 Å². The maximum absolute atomic E-state index is 12.0. The van der Waals surface area contributed by atoms with E-state index < -0.39 is 0 Å². The summed E-state index contributed by atoms with van der Waals surface area (Å²) < 4.78 is 0. The average molecular weight is 362 g/mol. The van der Waals surface area contributed by atoms with Gasteiger partial charge in [-0.25, -0.2) is 0 Å². The van der Waals surface area contributed by atoms with E-state index in [9.17, 15) is 9.59 Å². The molecule has 5 nitrogen and oxygen atoms in total. The molecule has 0 saturated carbocycles. The van der Waals surface area contributed by atoms with Crippen LogP contribution in [-0.2, 0) is 11.2 Å². The summed E-state index contributed by atoms with van der Waals surface area (Å²) in [7, 11) is 0. The minimum absolute atomic E-state index is 0.0240. The molecule has 0 aromatic heterocycles. The topological polar surface area (TPSA) is 70.2 Å². The van der Waals surface area contributed by atoms with E-state index in [2.05, 4.69) is 16.2 Å². The van der Waals surface area contributed by atoms with Crippen LogP contribution in [0.2, 0.25) is 5.02 Å². The second-order valence-electron chi connectivity index (χ2n) is 5.07. The molecule has 0 atom stereocenters. The summed E-state index contributed by atoms with van der Waals surface area (Å²) in [6.07, 6.45) is 0.157. The molecular formula is C17H16ClN3O2S. The lowest BCUT2D eigenvalue weighted by Crippen LogP contribution is -2.48. The Balaban J connectivity index is 1.80. The molecule has 0 aliphatic heterocycles. The van der Waals surface area contributed by atoms with Crippen molar-refractivity contribution < 1.29 is 9.59 Å². The lowest BCUT2D eigenvalue weighted by Gasteiger charge is -2.11. The molecule has 0 aliphatic carbocycles. The number of nitrogens with one attached hydrogen (secondary N) is 3. The smallest absolute Gasteiger partial charge is 0.269 e. The van der Waals surface area contributed by atoms with Gasteiger partial charge in [0.25, 0.3) is 5.91 Å². The van der Waals surface area contributed by atoms with Crippen LogP contribution in [0.25, 0.3) is 0 Å². The highest BCUT2D eigenvalue weighted by molar-refractivity contribution is 7.80. The second kappa shape index (κ2) is 8.42. The SMILES string of the molecule is Cc1ccccc1C(=O)NNC(=S)NC(=O)Cc1ccc(Cl)cc1. The first-order valence-corrected chi connectivity index (χ1v) is 7.94. The molecule has 2 aromatic rings. The van der Waals surface area contributed by atoms with Crippen molar-refractivity contribution in [2.45, 2.75) is 13.3 Å². The summed E-state index contributed by atoms with van der Waals surface area (Å²) in [6.45, 7) is 1.83. The molecule has 24 heavy (non-hydrogen) atoms. The molecule has 0 heterocycles. The van der Waals surface area contributed by atoms with Gasteiger partial charge in [0, 0.05) is 10.6 Å². The lowest BCUT2D eigenvalue weighted by atomic mass is 10.1. The van der Waals surface area contributed by atoms with Crippen LogP contribution in [0.5, 0.6) is 0 Å². The van der Waals surface area contributed by atoms with Crippen molar-refractivity contribution in [3.05, 3.63) is 70.2 Å². The highest BCUT2D eigenvalue weighted by Gasteiger charge is 2.10. The number of thiocarbonyl (C=S) groups is 1. The minimum Gasteiger partial charge on any atom is -0.302 e. The van der Waals surface area contributed by atoms with Gasteiger partial charge in [0.15, 0.2) is 5.11 Å². The van der Waals surface area contributed by atoms with Crippen molar-refractivity contribution in [1.29, 1.82) is 0 Å². The van der Waals surface area contributed by atoms with Crippen LogP contribution in [0.15, 0.2) is 48.5 Å². The molecule has 0 aliphatic rings. The van der Waals surface area contributed by atoms with Crippen molar-refractivity contribution in [2.24, 2.45) is 0 Å². The Morgan fingerprint density at radius 2 is 1.71 bits per heavy atom. The molecule has 3 N–H and O–H groups in total. The average Bonchev–Trinajstić information content (AvgIpc) is 2.55. The van der Waals surface area contributed by atoms with Crippen LogP contribution in [0, 0.1) is 6.92 Å². The molecule has 0 bridgehead atoms. The van der Waals surface area contributed by atoms with Crippen molar-refractivity contribution >= 4 is 40.7 Å². The molecule has 0 fully saturated rings. The number of amides is 2. The molecule has 0 spiro atoms. The lowest BCUT2D eigenvalue weighted by molar-refractivity contribution is -0.119. The summed E-state index contributed by atoms with van der Waals surface area (Å²) in [5.74, 6) is -0.623. The number of rotatable bonds is 3. The molecule has 0 unspecified atom stereocenters. The van der Waals surface area contributed by atoms with Gasteiger partial charge in [0.1, 0.15) is 0 Å². The summed E-state index contributed by atoms with van der Waals surface area (Å²) in [4.78, 5) is 23.9. The highest BCUT2D eigenvalue weighted by Crippen LogP contribution is 2.09. The van der Waals surface area contributed by atoms with Crippen LogP contribution in [0.3, 0.4) is 0 Å². The monoisotopic (exact) mass is 361 g/mol. The van der Waals surface area contributed by atoms with Gasteiger partial charge in [-0.15, -0.1) is 0 Å². The second-order valence-corrected chi connectivity index (χ2v) is 5.92. The standard InChI is InChI=1S/C17H16ClN3O2S/c1-11-4-2-3-5-14(11)16(23)20-21-17(24)19-15(22)10-12-6-8-13(18)9-7-12/h2-9H,10H2,1H3,(H,20,23)(H2,19,21,22,24). The summed E-state index contributed by atoms with van der Waals surface area (Å²) >= 11 is 10.8. The molecule has 124 valence electrons. The molecule has 2 rings (SSSR count). The van der Waals surface area contributed by atoms with Crippen molar-refractivity contribution in [2.75, 3.05) is 0 Å². The Hall–Kier alpha value is -2.44. The van der Waals surface area contributed by atoms with Crippen LogP contribution in [0.1, 0.15) is 21.5 Å². The van der Waals surface area contributed by atoms with E-state index in [0.29, 0.717) is 10.6 Å². The third kappa shape index (κ3) is 5.33. The van der Waals surface area contributed by atoms with Gasteiger partial charge in [-0.1, -0.05) is 41.9 Å². The van der Waals surface area contributed by atoms with Crippen LogP contribution in [-0.4, -0.2) is 16.9 Å². The van der Waals surface area contributed by atoms with Gasteiger partial charge >= 0.3 is 0 Å². The third-order valence-electron chi connectivity index (χ3n) is 3.21. The summed E-state index contributed by atoms with van der Waals surface area (Å²) in [5.41, 5.74) is 7.15. The zero-order valence-corrected chi connectivity index (χ0v) is 14.5. The first kappa shape index (κ1) is 17.9. The molecule has 7 heteroatoms. The number of aryl methyl sites for hydroxylation is 1. The summed E-state index contributed by atoms with van der Waals surface area (Å²) in [6, 6.07) is 14.1. The Morgan fingerprint density at radius 1 is 1.04 bits per heavy atom. The zero-order valence-electron chi connectivity index (χ0n) is 12.9. The number of benzene rings is 2. The number of hydrogen-bond donors (Lipinski definition) is 3. The van der Waals surface area contributed by atoms with Crippen LogP contribution in [0.4, 0.5) is 0 Å². The fourth-order valence-electron chi connectivity index (χ4n) is 2.00. The zero-order chi connectivity index (χ0) is 17.5. The molecule has 0 radical (unpaired) electrons. The van der Waals surface area contributed by atoms with E-state index in [-0.39, 0.29) is 23.3 Å². The first-order chi connectivity index (χ1) is 11.5. The molecule has 0 saturated heterocycles. The minimum atomic E-state index is -0.331. The number of carbonyl (C=O) groups is 2. The Kier molecular flexibility index (Phi) is 6.28. The number of carbonyl (C=O) groups excluding carboxylic acids is 2. The van der Waals surface area contributed by atoms with E-state index >= 15 is 0 Å². The van der Waals surface area contributed by atoms with Crippen molar-refractivity contribution in [3.8, 4) is 0 Å². The quantitative estimate of drug-likeness (QED) is 0.580. The van der Waals surface area contributed by atoms with E-state index in [1.54, 1.807) is 36.4 Å². The highest BCUT2D eigenvalue weighted by atomic mass is 35.5. The largest absolute Gasteiger partial charge is 0.302 e. The van der Waals surface area contributed by atoms with Crippen LogP contribution < -0.4 is 16.2 Å². The fourth-order valence-corrected chi connectivity index (χ4v) is 2.29. The normalized spacial score (nSPS) is 9.92.